The molecule has 0 fully saturated rings. The molecular weight excluding hydrogens is 385 g/mol. The number of rotatable bonds is 2. The average Bonchev–Trinajstić information content (AvgIpc) is 2.77. The average molecular weight is 398 g/mol. The molecule has 3 rings (SSSR count). The van der Waals surface area contributed by atoms with Crippen molar-refractivity contribution in [3.8, 4) is 5.69 Å². The Morgan fingerprint density at radius 1 is 1.20 bits per heavy atom. The highest BCUT2D eigenvalue weighted by Gasteiger charge is 2.17. The smallest absolute Gasteiger partial charge is 0.164 e. The summed E-state index contributed by atoms with van der Waals surface area (Å²) in [5.74, 6) is 0.821. The molecule has 0 N–H and O–H groups in total. The minimum atomic E-state index is -0.178. The molecule has 5 heteroatoms. The summed E-state index contributed by atoms with van der Waals surface area (Å²) in [6.07, 6.45) is 0. The number of hydrogen-bond acceptors (Lipinski definition) is 2. The van der Waals surface area contributed by atoms with Crippen LogP contribution in [0.3, 0.4) is 0 Å². The highest BCUT2D eigenvalue weighted by molar-refractivity contribution is 14.1. The van der Waals surface area contributed by atoms with Crippen LogP contribution in [-0.4, -0.2) is 14.5 Å². The summed E-state index contributed by atoms with van der Waals surface area (Å²) in [6, 6.07) is 12.2. The standard InChI is InChI=1S/C15H13ClIN3/c1-9-6-7-13-15(18-9)20(14(19-13)10(2)16)12-5-3-4-11(17)8-12/h3-8,10H,1-2H3. The van der Waals surface area contributed by atoms with Gasteiger partial charge in [-0.3, -0.25) is 4.57 Å². The van der Waals surface area contributed by atoms with Crippen LogP contribution in [-0.2, 0) is 0 Å². The molecule has 3 nitrogen and oxygen atoms in total. The Kier molecular flexibility index (Phi) is 3.69. The van der Waals surface area contributed by atoms with Crippen molar-refractivity contribution in [1.82, 2.24) is 14.5 Å². The van der Waals surface area contributed by atoms with E-state index >= 15 is 0 Å². The third-order valence-corrected chi connectivity index (χ3v) is 3.96. The Hall–Kier alpha value is -1.14. The Labute approximate surface area is 136 Å². The molecule has 0 aliphatic heterocycles. The first-order chi connectivity index (χ1) is 9.56. The lowest BCUT2D eigenvalue weighted by atomic mass is 10.3. The molecule has 2 aromatic heterocycles. The van der Waals surface area contributed by atoms with Crippen LogP contribution in [0.15, 0.2) is 36.4 Å². The van der Waals surface area contributed by atoms with Gasteiger partial charge < -0.3 is 0 Å². The zero-order valence-corrected chi connectivity index (χ0v) is 14.1. The molecule has 0 saturated heterocycles. The van der Waals surface area contributed by atoms with Crippen LogP contribution in [0, 0.1) is 10.5 Å². The number of fused-ring (bicyclic) bond motifs is 1. The summed E-state index contributed by atoms with van der Waals surface area (Å²) in [5, 5.41) is -0.178. The number of benzene rings is 1. The number of halogens is 2. The fourth-order valence-electron chi connectivity index (χ4n) is 2.21. The van der Waals surface area contributed by atoms with Gasteiger partial charge in [0, 0.05) is 15.0 Å². The second-order valence-electron chi connectivity index (χ2n) is 4.70. The van der Waals surface area contributed by atoms with Crippen molar-refractivity contribution in [3.05, 3.63) is 51.5 Å². The molecule has 0 saturated carbocycles. The zero-order chi connectivity index (χ0) is 14.3. The number of aryl methyl sites for hydroxylation is 1. The molecule has 2 heterocycles. The van der Waals surface area contributed by atoms with E-state index in [9.17, 15) is 0 Å². The monoisotopic (exact) mass is 397 g/mol. The molecule has 0 radical (unpaired) electrons. The highest BCUT2D eigenvalue weighted by atomic mass is 127. The van der Waals surface area contributed by atoms with Gasteiger partial charge in [-0.05, 0) is 66.8 Å². The molecule has 102 valence electrons. The molecule has 0 aliphatic rings. The van der Waals surface area contributed by atoms with E-state index in [-0.39, 0.29) is 5.38 Å². The minimum Gasteiger partial charge on any atom is -0.279 e. The van der Waals surface area contributed by atoms with Crippen LogP contribution in [0.25, 0.3) is 16.9 Å². The van der Waals surface area contributed by atoms with E-state index in [2.05, 4.69) is 50.8 Å². The molecule has 0 spiro atoms. The van der Waals surface area contributed by atoms with E-state index in [4.69, 9.17) is 11.6 Å². The Balaban J connectivity index is 2.36. The number of nitrogens with zero attached hydrogens (tertiary/aromatic N) is 3. The fourth-order valence-corrected chi connectivity index (χ4v) is 2.88. The Bertz CT molecular complexity index is 780. The van der Waals surface area contributed by atoms with Crippen LogP contribution in [0.1, 0.15) is 23.8 Å². The summed E-state index contributed by atoms with van der Waals surface area (Å²) in [4.78, 5) is 9.25. The molecular formula is C15H13ClIN3. The van der Waals surface area contributed by atoms with Gasteiger partial charge in [-0.2, -0.15) is 0 Å². The van der Waals surface area contributed by atoms with Crippen LogP contribution >= 0.6 is 34.2 Å². The molecule has 1 atom stereocenters. The SMILES string of the molecule is Cc1ccc2nc(C(C)Cl)n(-c3cccc(I)c3)c2n1. The molecule has 3 aromatic rings. The first-order valence-electron chi connectivity index (χ1n) is 6.32. The van der Waals surface area contributed by atoms with Gasteiger partial charge in [0.15, 0.2) is 5.65 Å². The molecule has 1 aromatic carbocycles. The summed E-state index contributed by atoms with van der Waals surface area (Å²) in [6.45, 7) is 3.91. The Morgan fingerprint density at radius 2 is 2.00 bits per heavy atom. The molecule has 20 heavy (non-hydrogen) atoms. The maximum atomic E-state index is 6.30. The highest BCUT2D eigenvalue weighted by Crippen LogP contribution is 2.27. The quantitative estimate of drug-likeness (QED) is 0.466. The van der Waals surface area contributed by atoms with E-state index < -0.39 is 0 Å². The first kappa shape index (κ1) is 13.8. The normalized spacial score (nSPS) is 12.8. The van der Waals surface area contributed by atoms with Gasteiger partial charge in [0.25, 0.3) is 0 Å². The van der Waals surface area contributed by atoms with Gasteiger partial charge in [-0.15, -0.1) is 11.6 Å². The van der Waals surface area contributed by atoms with E-state index in [0.29, 0.717) is 0 Å². The zero-order valence-electron chi connectivity index (χ0n) is 11.1. The van der Waals surface area contributed by atoms with E-state index in [1.54, 1.807) is 0 Å². The number of imidazole rings is 1. The predicted molar refractivity (Wildman–Crippen MR) is 90.6 cm³/mol. The third-order valence-electron chi connectivity index (χ3n) is 3.09. The van der Waals surface area contributed by atoms with E-state index in [0.717, 1.165) is 28.4 Å². The first-order valence-corrected chi connectivity index (χ1v) is 7.84. The second kappa shape index (κ2) is 5.33. The molecule has 1 unspecified atom stereocenters. The summed E-state index contributed by atoms with van der Waals surface area (Å²) in [5.41, 5.74) is 3.74. The largest absolute Gasteiger partial charge is 0.279 e. The van der Waals surface area contributed by atoms with Crippen molar-refractivity contribution in [1.29, 1.82) is 0 Å². The molecule has 0 aliphatic carbocycles. The summed E-state index contributed by atoms with van der Waals surface area (Å²) in [7, 11) is 0. The van der Waals surface area contributed by atoms with Crippen LogP contribution in [0.5, 0.6) is 0 Å². The lowest BCUT2D eigenvalue weighted by Gasteiger charge is -2.10. The van der Waals surface area contributed by atoms with Crippen molar-refractivity contribution in [2.24, 2.45) is 0 Å². The third kappa shape index (κ3) is 2.42. The lowest BCUT2D eigenvalue weighted by molar-refractivity contribution is 0.875. The predicted octanol–water partition coefficient (Wildman–Crippen LogP) is 4.63. The minimum absolute atomic E-state index is 0.178. The van der Waals surface area contributed by atoms with Gasteiger partial charge in [-0.25, -0.2) is 9.97 Å². The fraction of sp³-hybridized carbons (Fsp3) is 0.200. The van der Waals surface area contributed by atoms with Gasteiger partial charge in [0.1, 0.15) is 11.3 Å². The Morgan fingerprint density at radius 3 is 2.70 bits per heavy atom. The van der Waals surface area contributed by atoms with Crippen LogP contribution in [0.2, 0.25) is 0 Å². The van der Waals surface area contributed by atoms with Crippen molar-refractivity contribution in [3.63, 3.8) is 0 Å². The van der Waals surface area contributed by atoms with Crippen molar-refractivity contribution < 1.29 is 0 Å². The maximum Gasteiger partial charge on any atom is 0.164 e. The topological polar surface area (TPSA) is 30.7 Å². The van der Waals surface area contributed by atoms with E-state index in [1.165, 1.54) is 3.57 Å². The van der Waals surface area contributed by atoms with Crippen molar-refractivity contribution in [2.75, 3.05) is 0 Å². The van der Waals surface area contributed by atoms with Crippen LogP contribution in [0.4, 0.5) is 0 Å². The second-order valence-corrected chi connectivity index (χ2v) is 6.60. The van der Waals surface area contributed by atoms with Gasteiger partial charge in [-0.1, -0.05) is 6.07 Å². The number of pyridine rings is 1. The van der Waals surface area contributed by atoms with Crippen molar-refractivity contribution in [2.45, 2.75) is 19.2 Å². The van der Waals surface area contributed by atoms with Crippen molar-refractivity contribution >= 4 is 45.4 Å². The lowest BCUT2D eigenvalue weighted by Crippen LogP contribution is -2.03. The maximum absolute atomic E-state index is 6.30. The summed E-state index contributed by atoms with van der Waals surface area (Å²) >= 11 is 8.60. The number of aromatic nitrogens is 3. The van der Waals surface area contributed by atoms with E-state index in [1.807, 2.05) is 36.6 Å². The summed E-state index contributed by atoms with van der Waals surface area (Å²) < 4.78 is 3.21. The van der Waals surface area contributed by atoms with Gasteiger partial charge >= 0.3 is 0 Å². The van der Waals surface area contributed by atoms with Gasteiger partial charge in [0.05, 0.1) is 5.38 Å². The number of hydrogen-bond donors (Lipinski definition) is 0. The van der Waals surface area contributed by atoms with Gasteiger partial charge in [0.2, 0.25) is 0 Å². The number of alkyl halides is 1. The molecule has 0 amide bonds. The molecule has 0 bridgehead atoms. The van der Waals surface area contributed by atoms with Crippen LogP contribution < -0.4 is 0 Å².